The van der Waals surface area contributed by atoms with Gasteiger partial charge in [0.05, 0.1) is 19.2 Å². The van der Waals surface area contributed by atoms with Crippen molar-refractivity contribution in [1.82, 2.24) is 4.90 Å². The Balaban J connectivity index is 1.78. The average Bonchev–Trinajstić information content (AvgIpc) is 2.74. The maximum Gasteiger partial charge on any atom is 0.137 e. The first-order valence-corrected chi connectivity index (χ1v) is 10.2. The third-order valence-electron chi connectivity index (χ3n) is 5.14. The van der Waals surface area contributed by atoms with E-state index in [9.17, 15) is 0 Å². The van der Waals surface area contributed by atoms with Crippen molar-refractivity contribution in [2.24, 2.45) is 0 Å². The molecule has 0 fully saturated rings. The number of rotatable bonds is 9. The Morgan fingerprint density at radius 1 is 0.793 bits per heavy atom. The van der Waals surface area contributed by atoms with Gasteiger partial charge in [-0.25, -0.2) is 0 Å². The molecule has 0 heterocycles. The Hall–Kier alpha value is -2.49. The standard InChI is InChI=1S/C25H28ClNO2/c1-19(15-20-9-12-23(28-2)13-10-20)27(17-21-7-5-4-6-8-21)18-22-11-14-25(29-3)24(26)16-22/h4-14,16,19H,15,17-18H2,1-3H3. The van der Waals surface area contributed by atoms with Gasteiger partial charge in [0.15, 0.2) is 0 Å². The van der Waals surface area contributed by atoms with Crippen LogP contribution in [0, 0.1) is 0 Å². The van der Waals surface area contributed by atoms with E-state index in [0.717, 1.165) is 25.3 Å². The van der Waals surface area contributed by atoms with Gasteiger partial charge in [0.25, 0.3) is 0 Å². The Labute approximate surface area is 178 Å². The lowest BCUT2D eigenvalue weighted by Crippen LogP contribution is -2.33. The molecular formula is C25H28ClNO2. The molecule has 29 heavy (non-hydrogen) atoms. The molecule has 0 aliphatic carbocycles. The van der Waals surface area contributed by atoms with Gasteiger partial charge in [-0.1, -0.05) is 60.1 Å². The van der Waals surface area contributed by atoms with Crippen molar-refractivity contribution in [1.29, 1.82) is 0 Å². The second kappa shape index (κ2) is 10.3. The van der Waals surface area contributed by atoms with Crippen LogP contribution >= 0.6 is 11.6 Å². The van der Waals surface area contributed by atoms with Gasteiger partial charge in [-0.05, 0) is 54.3 Å². The van der Waals surface area contributed by atoms with E-state index in [4.69, 9.17) is 21.1 Å². The summed E-state index contributed by atoms with van der Waals surface area (Å²) in [4.78, 5) is 2.48. The molecule has 0 aliphatic heterocycles. The molecule has 1 atom stereocenters. The van der Waals surface area contributed by atoms with Crippen molar-refractivity contribution in [2.45, 2.75) is 32.5 Å². The summed E-state index contributed by atoms with van der Waals surface area (Å²) >= 11 is 6.36. The molecule has 3 nitrogen and oxygen atoms in total. The van der Waals surface area contributed by atoms with Crippen LogP contribution in [-0.4, -0.2) is 25.2 Å². The summed E-state index contributed by atoms with van der Waals surface area (Å²) in [6.07, 6.45) is 0.959. The second-order valence-corrected chi connectivity index (χ2v) is 7.67. The highest BCUT2D eigenvalue weighted by molar-refractivity contribution is 6.32. The van der Waals surface area contributed by atoms with Gasteiger partial charge in [-0.3, -0.25) is 4.90 Å². The normalized spacial score (nSPS) is 12.0. The van der Waals surface area contributed by atoms with E-state index in [1.165, 1.54) is 16.7 Å². The first-order chi connectivity index (χ1) is 14.1. The third kappa shape index (κ3) is 5.99. The second-order valence-electron chi connectivity index (χ2n) is 7.26. The van der Waals surface area contributed by atoms with Gasteiger partial charge in [0.2, 0.25) is 0 Å². The molecule has 0 amide bonds. The van der Waals surface area contributed by atoms with Crippen LogP contribution in [0.5, 0.6) is 11.5 Å². The molecule has 0 bridgehead atoms. The lowest BCUT2D eigenvalue weighted by molar-refractivity contribution is 0.189. The number of methoxy groups -OCH3 is 2. The minimum absolute atomic E-state index is 0.351. The summed E-state index contributed by atoms with van der Waals surface area (Å²) in [5.74, 6) is 1.59. The quantitative estimate of drug-likeness (QED) is 0.433. The molecule has 4 heteroatoms. The first-order valence-electron chi connectivity index (χ1n) is 9.82. The van der Waals surface area contributed by atoms with Crippen LogP contribution < -0.4 is 9.47 Å². The maximum absolute atomic E-state index is 6.36. The van der Waals surface area contributed by atoms with Crippen molar-refractivity contribution in [2.75, 3.05) is 14.2 Å². The summed E-state index contributed by atoms with van der Waals surface area (Å²) in [6.45, 7) is 3.97. The highest BCUT2D eigenvalue weighted by atomic mass is 35.5. The molecule has 152 valence electrons. The predicted octanol–water partition coefficient (Wildman–Crippen LogP) is 5.99. The molecule has 0 aliphatic rings. The monoisotopic (exact) mass is 409 g/mol. The Bertz CT molecular complexity index is 896. The van der Waals surface area contributed by atoms with Gasteiger partial charge in [-0.2, -0.15) is 0 Å². The lowest BCUT2D eigenvalue weighted by atomic mass is 10.0. The highest BCUT2D eigenvalue weighted by Gasteiger charge is 2.16. The molecule has 0 saturated heterocycles. The predicted molar refractivity (Wildman–Crippen MR) is 120 cm³/mol. The number of ether oxygens (including phenoxy) is 2. The SMILES string of the molecule is COc1ccc(CC(C)N(Cc2ccccc2)Cc2ccc(OC)c(Cl)c2)cc1. The van der Waals surface area contributed by atoms with Crippen molar-refractivity contribution < 1.29 is 9.47 Å². The number of nitrogens with zero attached hydrogens (tertiary/aromatic N) is 1. The molecule has 3 aromatic rings. The molecule has 0 spiro atoms. The molecule has 3 rings (SSSR count). The van der Waals surface area contributed by atoms with Gasteiger partial charge in [-0.15, -0.1) is 0 Å². The Kier molecular flexibility index (Phi) is 7.56. The summed E-state index contributed by atoms with van der Waals surface area (Å²) < 4.78 is 10.6. The van der Waals surface area contributed by atoms with E-state index >= 15 is 0 Å². The average molecular weight is 410 g/mol. The van der Waals surface area contributed by atoms with Crippen LogP contribution in [0.25, 0.3) is 0 Å². The third-order valence-corrected chi connectivity index (χ3v) is 5.44. The molecule has 1 unspecified atom stereocenters. The van der Waals surface area contributed by atoms with Gasteiger partial charge >= 0.3 is 0 Å². The molecule has 0 saturated carbocycles. The van der Waals surface area contributed by atoms with E-state index in [1.807, 2.05) is 24.3 Å². The molecule has 3 aromatic carbocycles. The summed E-state index contributed by atoms with van der Waals surface area (Å²) in [5, 5.41) is 0.646. The van der Waals surface area contributed by atoms with E-state index in [1.54, 1.807) is 14.2 Å². The fraction of sp³-hybridized carbons (Fsp3) is 0.280. The number of benzene rings is 3. The van der Waals surface area contributed by atoms with Gasteiger partial charge in [0.1, 0.15) is 11.5 Å². The Morgan fingerprint density at radius 3 is 2.07 bits per heavy atom. The van der Waals surface area contributed by atoms with Gasteiger partial charge in [0, 0.05) is 19.1 Å². The number of hydrogen-bond acceptors (Lipinski definition) is 3. The lowest BCUT2D eigenvalue weighted by Gasteiger charge is -2.30. The summed E-state index contributed by atoms with van der Waals surface area (Å²) in [6, 6.07) is 25.3. The summed E-state index contributed by atoms with van der Waals surface area (Å²) in [5.41, 5.74) is 3.77. The van der Waals surface area contributed by atoms with Crippen LogP contribution in [0.3, 0.4) is 0 Å². The van der Waals surface area contributed by atoms with Crippen molar-refractivity contribution >= 4 is 11.6 Å². The topological polar surface area (TPSA) is 21.7 Å². The zero-order valence-corrected chi connectivity index (χ0v) is 18.0. The minimum atomic E-state index is 0.351. The number of hydrogen-bond donors (Lipinski definition) is 0. The number of halogens is 1. The fourth-order valence-electron chi connectivity index (χ4n) is 3.46. The van der Waals surface area contributed by atoms with Crippen molar-refractivity contribution in [3.63, 3.8) is 0 Å². The zero-order chi connectivity index (χ0) is 20.6. The van der Waals surface area contributed by atoms with E-state index in [0.29, 0.717) is 16.8 Å². The smallest absolute Gasteiger partial charge is 0.137 e. The molecule has 0 radical (unpaired) electrons. The zero-order valence-electron chi connectivity index (χ0n) is 17.3. The van der Waals surface area contributed by atoms with Gasteiger partial charge < -0.3 is 9.47 Å². The van der Waals surface area contributed by atoms with Crippen molar-refractivity contribution in [3.05, 3.63) is 94.5 Å². The van der Waals surface area contributed by atoms with Crippen molar-refractivity contribution in [3.8, 4) is 11.5 Å². The first kappa shape index (κ1) is 21.2. The minimum Gasteiger partial charge on any atom is -0.497 e. The van der Waals surface area contributed by atoms with Crippen LogP contribution in [-0.2, 0) is 19.5 Å². The summed E-state index contributed by atoms with van der Waals surface area (Å²) in [7, 11) is 3.33. The fourth-order valence-corrected chi connectivity index (χ4v) is 3.74. The highest BCUT2D eigenvalue weighted by Crippen LogP contribution is 2.26. The van der Waals surface area contributed by atoms with Crippen LogP contribution in [0.1, 0.15) is 23.6 Å². The molecule has 0 N–H and O–H groups in total. The van der Waals surface area contributed by atoms with E-state index < -0.39 is 0 Å². The van der Waals surface area contributed by atoms with E-state index in [2.05, 4.69) is 60.4 Å². The van der Waals surface area contributed by atoms with Crippen LogP contribution in [0.2, 0.25) is 5.02 Å². The Morgan fingerprint density at radius 2 is 1.45 bits per heavy atom. The largest absolute Gasteiger partial charge is 0.497 e. The molecule has 0 aromatic heterocycles. The van der Waals surface area contributed by atoms with Crippen LogP contribution in [0.4, 0.5) is 0 Å². The maximum atomic E-state index is 6.36. The van der Waals surface area contributed by atoms with E-state index in [-0.39, 0.29) is 0 Å². The molecular weight excluding hydrogens is 382 g/mol. The van der Waals surface area contributed by atoms with Crippen LogP contribution in [0.15, 0.2) is 72.8 Å².